The fourth-order valence-corrected chi connectivity index (χ4v) is 1.68. The Morgan fingerprint density at radius 3 is 3.00 bits per heavy atom. The highest BCUT2D eigenvalue weighted by atomic mass is 32.1. The Balaban J connectivity index is 2.56. The van der Waals surface area contributed by atoms with Crippen molar-refractivity contribution in [2.45, 2.75) is 26.2 Å². The van der Waals surface area contributed by atoms with Crippen LogP contribution in [0.4, 0.5) is 0 Å². The highest BCUT2D eigenvalue weighted by molar-refractivity contribution is 7.07. The quantitative estimate of drug-likeness (QED) is 0.694. The van der Waals surface area contributed by atoms with Gasteiger partial charge in [0.2, 0.25) is 0 Å². The molecule has 0 fully saturated rings. The summed E-state index contributed by atoms with van der Waals surface area (Å²) in [7, 11) is 0. The van der Waals surface area contributed by atoms with E-state index in [1.807, 2.05) is 12.3 Å². The van der Waals surface area contributed by atoms with Crippen LogP contribution in [0.15, 0.2) is 10.9 Å². The van der Waals surface area contributed by atoms with E-state index in [1.54, 1.807) is 23.8 Å². The normalized spacial score (nSPS) is 12.9. The van der Waals surface area contributed by atoms with Crippen LogP contribution < -0.4 is 0 Å². The van der Waals surface area contributed by atoms with Gasteiger partial charge in [0.05, 0.1) is 11.2 Å². The topological polar surface area (TPSA) is 30.0 Å². The summed E-state index contributed by atoms with van der Waals surface area (Å²) >= 11 is 1.57. The molecule has 0 amide bonds. The number of hydrogen-bond acceptors (Lipinski definition) is 3. The molecule has 0 bridgehead atoms. The minimum absolute atomic E-state index is 0.227. The number of ketones is 1. The summed E-state index contributed by atoms with van der Waals surface area (Å²) in [5.74, 6) is 0.504. The van der Waals surface area contributed by atoms with Gasteiger partial charge < -0.3 is 4.79 Å². The zero-order chi connectivity index (χ0) is 8.27. The SMILES string of the molecule is CC(=O)CC(C)c1cscn1. The van der Waals surface area contributed by atoms with Crippen LogP contribution in [0, 0.1) is 0 Å². The van der Waals surface area contributed by atoms with Crippen LogP contribution in [0.2, 0.25) is 0 Å². The summed E-state index contributed by atoms with van der Waals surface area (Å²) in [5.41, 5.74) is 2.83. The van der Waals surface area contributed by atoms with Crippen LogP contribution in [-0.2, 0) is 4.79 Å². The molecule has 1 heterocycles. The van der Waals surface area contributed by atoms with Gasteiger partial charge in [0.15, 0.2) is 0 Å². The maximum absolute atomic E-state index is 10.7. The van der Waals surface area contributed by atoms with E-state index in [0.29, 0.717) is 6.42 Å². The van der Waals surface area contributed by atoms with Crippen LogP contribution in [0.25, 0.3) is 0 Å². The molecular formula is C8H11NOS. The highest BCUT2D eigenvalue weighted by Crippen LogP contribution is 2.18. The minimum Gasteiger partial charge on any atom is -0.300 e. The molecule has 0 N–H and O–H groups in total. The number of aromatic nitrogens is 1. The molecule has 0 aromatic carbocycles. The van der Waals surface area contributed by atoms with Crippen LogP contribution >= 0.6 is 11.3 Å². The fourth-order valence-electron chi connectivity index (χ4n) is 1.00. The van der Waals surface area contributed by atoms with E-state index < -0.39 is 0 Å². The lowest BCUT2D eigenvalue weighted by Gasteiger charge is -2.03. The van der Waals surface area contributed by atoms with Gasteiger partial charge in [0.25, 0.3) is 0 Å². The van der Waals surface area contributed by atoms with Crippen molar-refractivity contribution in [3.05, 3.63) is 16.6 Å². The van der Waals surface area contributed by atoms with Gasteiger partial charge in [0.1, 0.15) is 5.78 Å². The molecule has 0 aliphatic rings. The molecule has 60 valence electrons. The smallest absolute Gasteiger partial charge is 0.130 e. The third-order valence-corrected chi connectivity index (χ3v) is 2.15. The van der Waals surface area contributed by atoms with E-state index in [0.717, 1.165) is 5.69 Å². The Hall–Kier alpha value is -0.700. The molecule has 1 aromatic rings. The molecule has 2 nitrogen and oxygen atoms in total. The monoisotopic (exact) mass is 169 g/mol. The number of carbonyl (C=O) groups excluding carboxylic acids is 1. The molecule has 1 unspecified atom stereocenters. The van der Waals surface area contributed by atoms with E-state index in [2.05, 4.69) is 4.98 Å². The summed E-state index contributed by atoms with van der Waals surface area (Å²) < 4.78 is 0. The number of hydrogen-bond donors (Lipinski definition) is 0. The van der Waals surface area contributed by atoms with Crippen LogP contribution in [0.3, 0.4) is 0 Å². The van der Waals surface area contributed by atoms with Crippen molar-refractivity contribution in [2.24, 2.45) is 0 Å². The van der Waals surface area contributed by atoms with Gasteiger partial charge >= 0.3 is 0 Å². The lowest BCUT2D eigenvalue weighted by molar-refractivity contribution is -0.117. The van der Waals surface area contributed by atoms with Crippen LogP contribution in [-0.4, -0.2) is 10.8 Å². The maximum atomic E-state index is 10.7. The Morgan fingerprint density at radius 1 is 1.82 bits per heavy atom. The number of carbonyl (C=O) groups is 1. The molecule has 0 saturated carbocycles. The van der Waals surface area contributed by atoms with Gasteiger partial charge in [-0.15, -0.1) is 11.3 Å². The van der Waals surface area contributed by atoms with Gasteiger partial charge in [-0.2, -0.15) is 0 Å². The molecule has 0 aliphatic carbocycles. The standard InChI is InChI=1S/C8H11NOS/c1-6(3-7(2)10)8-4-11-5-9-8/h4-6H,3H2,1-2H3. The van der Waals surface area contributed by atoms with Crippen molar-refractivity contribution in [1.29, 1.82) is 0 Å². The van der Waals surface area contributed by atoms with Gasteiger partial charge in [0, 0.05) is 17.7 Å². The molecule has 0 saturated heterocycles. The van der Waals surface area contributed by atoms with Crippen LogP contribution in [0.1, 0.15) is 31.9 Å². The number of rotatable bonds is 3. The average molecular weight is 169 g/mol. The zero-order valence-electron chi connectivity index (χ0n) is 6.70. The first-order valence-corrected chi connectivity index (χ1v) is 4.52. The van der Waals surface area contributed by atoms with Crippen LogP contribution in [0.5, 0.6) is 0 Å². The molecule has 11 heavy (non-hydrogen) atoms. The second-order valence-corrected chi connectivity index (χ2v) is 3.44. The summed E-state index contributed by atoms with van der Waals surface area (Å²) in [4.78, 5) is 14.9. The summed E-state index contributed by atoms with van der Waals surface area (Å²) in [5, 5.41) is 1.99. The van der Waals surface area contributed by atoms with Crippen molar-refractivity contribution in [2.75, 3.05) is 0 Å². The number of nitrogens with zero attached hydrogens (tertiary/aromatic N) is 1. The first-order valence-electron chi connectivity index (χ1n) is 3.57. The Bertz CT molecular complexity index is 230. The summed E-state index contributed by atoms with van der Waals surface area (Å²) in [6, 6.07) is 0. The first-order chi connectivity index (χ1) is 5.20. The van der Waals surface area contributed by atoms with E-state index in [-0.39, 0.29) is 11.7 Å². The maximum Gasteiger partial charge on any atom is 0.130 e. The molecule has 0 aliphatic heterocycles. The molecule has 1 aromatic heterocycles. The fraction of sp³-hybridized carbons (Fsp3) is 0.500. The second-order valence-electron chi connectivity index (χ2n) is 2.72. The predicted molar refractivity (Wildman–Crippen MR) is 45.8 cm³/mol. The predicted octanol–water partition coefficient (Wildman–Crippen LogP) is 2.23. The second kappa shape index (κ2) is 3.62. The van der Waals surface area contributed by atoms with Crippen molar-refractivity contribution in [3.63, 3.8) is 0 Å². The van der Waals surface area contributed by atoms with E-state index in [1.165, 1.54) is 0 Å². The average Bonchev–Trinajstić information content (AvgIpc) is 2.35. The molecular weight excluding hydrogens is 158 g/mol. The third kappa shape index (κ3) is 2.42. The molecule has 0 spiro atoms. The Morgan fingerprint density at radius 2 is 2.55 bits per heavy atom. The van der Waals surface area contributed by atoms with Gasteiger partial charge in [-0.3, -0.25) is 0 Å². The zero-order valence-corrected chi connectivity index (χ0v) is 7.52. The minimum atomic E-state index is 0.227. The van der Waals surface area contributed by atoms with Gasteiger partial charge in [-0.1, -0.05) is 6.92 Å². The number of thiazole rings is 1. The lowest BCUT2D eigenvalue weighted by atomic mass is 10.0. The molecule has 1 atom stereocenters. The van der Waals surface area contributed by atoms with Crippen molar-refractivity contribution in [3.8, 4) is 0 Å². The first kappa shape index (κ1) is 8.40. The summed E-state index contributed by atoms with van der Waals surface area (Å²) in [6.07, 6.45) is 0.601. The van der Waals surface area contributed by atoms with E-state index in [4.69, 9.17) is 0 Å². The third-order valence-electron chi connectivity index (χ3n) is 1.55. The molecule has 0 radical (unpaired) electrons. The van der Waals surface area contributed by atoms with E-state index in [9.17, 15) is 4.79 Å². The Labute approximate surface area is 70.3 Å². The lowest BCUT2D eigenvalue weighted by Crippen LogP contribution is -1.99. The van der Waals surface area contributed by atoms with Gasteiger partial charge in [-0.05, 0) is 6.92 Å². The van der Waals surface area contributed by atoms with Gasteiger partial charge in [-0.25, -0.2) is 4.98 Å². The largest absolute Gasteiger partial charge is 0.300 e. The van der Waals surface area contributed by atoms with Crippen molar-refractivity contribution >= 4 is 17.1 Å². The molecule has 3 heteroatoms. The highest BCUT2D eigenvalue weighted by Gasteiger charge is 2.08. The van der Waals surface area contributed by atoms with Crippen molar-refractivity contribution < 1.29 is 4.79 Å². The van der Waals surface area contributed by atoms with E-state index >= 15 is 0 Å². The Kier molecular flexibility index (Phi) is 2.76. The van der Waals surface area contributed by atoms with Crippen molar-refractivity contribution in [1.82, 2.24) is 4.98 Å². The summed E-state index contributed by atoms with van der Waals surface area (Å²) in [6.45, 7) is 3.64. The molecule has 1 rings (SSSR count). The number of Topliss-reactive ketones (excluding diaryl/α,β-unsaturated/α-hetero) is 1.